The van der Waals surface area contributed by atoms with Gasteiger partial charge in [-0.15, -0.1) is 0 Å². The Balaban J connectivity index is 0.000000211. The lowest BCUT2D eigenvalue weighted by molar-refractivity contribution is -0.138. The summed E-state index contributed by atoms with van der Waals surface area (Å²) in [6.07, 6.45) is 3.34. The van der Waals surface area contributed by atoms with E-state index in [0.717, 1.165) is 5.69 Å². The molecule has 0 radical (unpaired) electrons. The van der Waals surface area contributed by atoms with Crippen molar-refractivity contribution < 1.29 is 24.9 Å². The minimum absolute atomic E-state index is 0.0279. The van der Waals surface area contributed by atoms with Crippen molar-refractivity contribution >= 4 is 11.9 Å². The maximum Gasteiger partial charge on any atom is 0.335 e. The summed E-state index contributed by atoms with van der Waals surface area (Å²) in [7, 11) is 0. The average molecular weight is 293 g/mol. The Kier molecular flexibility index (Phi) is 5.90. The van der Waals surface area contributed by atoms with Crippen LogP contribution in [0.5, 0.6) is 5.75 Å². The van der Waals surface area contributed by atoms with E-state index in [4.69, 9.17) is 21.1 Å². The van der Waals surface area contributed by atoms with E-state index in [9.17, 15) is 9.59 Å². The number of aromatic amines is 1. The van der Waals surface area contributed by atoms with Gasteiger partial charge < -0.3 is 26.0 Å². The molecule has 1 atom stereocenters. The number of carbonyl (C=O) groups is 2. The zero-order valence-corrected chi connectivity index (χ0v) is 10.9. The highest BCUT2D eigenvalue weighted by Crippen LogP contribution is 2.09. The number of nitrogens with two attached hydrogens (primary N) is 1. The Bertz CT molecular complexity index is 598. The fourth-order valence-corrected chi connectivity index (χ4v) is 1.36. The van der Waals surface area contributed by atoms with E-state index in [1.165, 1.54) is 30.6 Å². The third kappa shape index (κ3) is 5.74. The monoisotopic (exact) mass is 293 g/mol. The first-order valence-corrected chi connectivity index (χ1v) is 5.88. The van der Waals surface area contributed by atoms with Gasteiger partial charge in [-0.3, -0.25) is 4.79 Å². The lowest BCUT2D eigenvalue weighted by Gasteiger charge is -2.02. The second-order valence-electron chi connectivity index (χ2n) is 4.08. The number of phenolic OH excluding ortho intramolecular Hbond substituents is 1. The number of aromatic hydroxyl groups is 1. The summed E-state index contributed by atoms with van der Waals surface area (Å²) in [6.45, 7) is 0. The number of imidazole rings is 1. The first kappa shape index (κ1) is 16.2. The maximum absolute atomic E-state index is 10.3. The zero-order valence-electron chi connectivity index (χ0n) is 10.9. The zero-order chi connectivity index (χ0) is 15.8. The summed E-state index contributed by atoms with van der Waals surface area (Å²) in [5.41, 5.74) is 6.09. The van der Waals surface area contributed by atoms with Crippen molar-refractivity contribution in [2.24, 2.45) is 5.73 Å². The van der Waals surface area contributed by atoms with Gasteiger partial charge in [-0.2, -0.15) is 0 Å². The third-order valence-corrected chi connectivity index (χ3v) is 2.40. The molecule has 1 aromatic heterocycles. The van der Waals surface area contributed by atoms with Crippen LogP contribution in [0.3, 0.4) is 0 Å². The van der Waals surface area contributed by atoms with Gasteiger partial charge >= 0.3 is 11.9 Å². The lowest BCUT2D eigenvalue weighted by atomic mass is 10.2. The van der Waals surface area contributed by atoms with Gasteiger partial charge in [-0.25, -0.2) is 9.78 Å². The summed E-state index contributed by atoms with van der Waals surface area (Å²) in [6, 6.07) is 4.67. The van der Waals surface area contributed by atoms with Crippen LogP contribution in [0.15, 0.2) is 36.8 Å². The van der Waals surface area contributed by atoms with Crippen molar-refractivity contribution in [3.63, 3.8) is 0 Å². The molecule has 2 rings (SSSR count). The molecule has 0 saturated carbocycles. The van der Waals surface area contributed by atoms with Gasteiger partial charge in [0.05, 0.1) is 11.9 Å². The van der Waals surface area contributed by atoms with Crippen LogP contribution in [0.25, 0.3) is 0 Å². The first-order valence-electron chi connectivity index (χ1n) is 5.88. The molecule has 8 heteroatoms. The van der Waals surface area contributed by atoms with E-state index >= 15 is 0 Å². The van der Waals surface area contributed by atoms with Gasteiger partial charge in [0.1, 0.15) is 11.8 Å². The first-order chi connectivity index (χ1) is 9.90. The van der Waals surface area contributed by atoms with Crippen molar-refractivity contribution in [3.05, 3.63) is 48.0 Å². The largest absolute Gasteiger partial charge is 0.508 e. The molecule has 21 heavy (non-hydrogen) atoms. The molecule has 112 valence electrons. The van der Waals surface area contributed by atoms with E-state index in [1.807, 2.05) is 0 Å². The topological polar surface area (TPSA) is 150 Å². The van der Waals surface area contributed by atoms with Crippen LogP contribution in [0.2, 0.25) is 0 Å². The molecule has 0 aliphatic carbocycles. The van der Waals surface area contributed by atoms with E-state index in [1.54, 1.807) is 6.20 Å². The van der Waals surface area contributed by atoms with Crippen LogP contribution in [0.1, 0.15) is 16.1 Å². The Labute approximate surface area is 119 Å². The summed E-state index contributed by atoms with van der Waals surface area (Å²) >= 11 is 0. The van der Waals surface area contributed by atoms with Crippen LogP contribution in [0, 0.1) is 0 Å². The average Bonchev–Trinajstić information content (AvgIpc) is 2.92. The highest BCUT2D eigenvalue weighted by Gasteiger charge is 2.12. The summed E-state index contributed by atoms with van der Waals surface area (Å²) in [5, 5.41) is 25.6. The van der Waals surface area contributed by atoms with E-state index in [0.29, 0.717) is 0 Å². The molecular weight excluding hydrogens is 278 g/mol. The summed E-state index contributed by atoms with van der Waals surface area (Å²) in [5.74, 6) is -2.06. The predicted molar refractivity (Wildman–Crippen MR) is 73.0 cm³/mol. The van der Waals surface area contributed by atoms with Gasteiger partial charge in [-0.1, -0.05) is 6.07 Å². The number of benzene rings is 1. The van der Waals surface area contributed by atoms with E-state index < -0.39 is 18.0 Å². The van der Waals surface area contributed by atoms with Gasteiger partial charge in [-0.05, 0) is 18.2 Å². The van der Waals surface area contributed by atoms with Crippen molar-refractivity contribution in [2.75, 3.05) is 0 Å². The Morgan fingerprint density at radius 3 is 2.48 bits per heavy atom. The fourth-order valence-electron chi connectivity index (χ4n) is 1.36. The Morgan fingerprint density at radius 1 is 1.33 bits per heavy atom. The smallest absolute Gasteiger partial charge is 0.335 e. The van der Waals surface area contributed by atoms with E-state index in [-0.39, 0.29) is 17.7 Å². The van der Waals surface area contributed by atoms with Crippen molar-refractivity contribution in [2.45, 2.75) is 12.5 Å². The second-order valence-corrected chi connectivity index (χ2v) is 4.08. The number of aromatic nitrogens is 2. The molecule has 0 saturated heterocycles. The number of hydrogen-bond acceptors (Lipinski definition) is 5. The van der Waals surface area contributed by atoms with Gasteiger partial charge in [0, 0.05) is 18.3 Å². The molecule has 0 spiro atoms. The molecule has 6 N–H and O–H groups in total. The van der Waals surface area contributed by atoms with Gasteiger partial charge in [0.15, 0.2) is 0 Å². The Morgan fingerprint density at radius 2 is 2.05 bits per heavy atom. The number of carboxylic acid groups (broad SMARTS) is 2. The highest BCUT2D eigenvalue weighted by atomic mass is 16.4. The molecule has 0 unspecified atom stereocenters. The number of aromatic carboxylic acids is 1. The summed E-state index contributed by atoms with van der Waals surface area (Å²) < 4.78 is 0. The van der Waals surface area contributed by atoms with Crippen molar-refractivity contribution in [3.8, 4) is 5.75 Å². The highest BCUT2D eigenvalue weighted by molar-refractivity contribution is 5.87. The van der Waals surface area contributed by atoms with Crippen molar-refractivity contribution in [1.29, 1.82) is 0 Å². The Hall–Kier alpha value is -2.87. The molecule has 0 amide bonds. The van der Waals surface area contributed by atoms with Gasteiger partial charge in [0.2, 0.25) is 0 Å². The van der Waals surface area contributed by atoms with Crippen LogP contribution < -0.4 is 5.73 Å². The predicted octanol–water partition coefficient (Wildman–Crippen LogP) is 0.455. The van der Waals surface area contributed by atoms with Crippen LogP contribution in [0.4, 0.5) is 0 Å². The standard InChI is InChI=1S/C7H6O3.C6H9N3O2/c8-6-3-1-2-5(4-6)7(9)10;7-5(6(10)11)1-4-2-8-3-9-4/h1-4,8H,(H,9,10);2-3,5H,1,7H2,(H,8,9)(H,10,11)/t;5-/m.0/s1. The van der Waals surface area contributed by atoms with Crippen LogP contribution in [-0.2, 0) is 11.2 Å². The lowest BCUT2D eigenvalue weighted by Crippen LogP contribution is -2.32. The molecule has 0 fully saturated rings. The minimum Gasteiger partial charge on any atom is -0.508 e. The third-order valence-electron chi connectivity index (χ3n) is 2.40. The molecular formula is C13H15N3O5. The maximum atomic E-state index is 10.3. The number of hydrogen-bond donors (Lipinski definition) is 5. The SMILES string of the molecule is N[C@@H](Cc1cnc[nH]1)C(=O)O.O=C(O)c1cccc(O)c1. The molecule has 0 aliphatic heterocycles. The van der Waals surface area contributed by atoms with Crippen molar-refractivity contribution in [1.82, 2.24) is 9.97 Å². The number of nitrogens with zero attached hydrogens (tertiary/aromatic N) is 1. The van der Waals surface area contributed by atoms with Crippen LogP contribution in [-0.4, -0.2) is 43.3 Å². The molecule has 0 bridgehead atoms. The number of H-pyrrole nitrogens is 1. The number of aliphatic carboxylic acids is 1. The fraction of sp³-hybridized carbons (Fsp3) is 0.154. The molecule has 0 aliphatic rings. The van der Waals surface area contributed by atoms with Gasteiger partial charge in [0.25, 0.3) is 0 Å². The molecule has 8 nitrogen and oxygen atoms in total. The number of carboxylic acids is 2. The number of nitrogens with one attached hydrogen (secondary N) is 1. The molecule has 1 aromatic carbocycles. The molecule has 1 heterocycles. The normalized spacial score (nSPS) is 11.1. The minimum atomic E-state index is -1.03. The number of phenols is 1. The van der Waals surface area contributed by atoms with Crippen LogP contribution >= 0.6 is 0 Å². The number of rotatable bonds is 4. The summed E-state index contributed by atoms with van der Waals surface area (Å²) in [4.78, 5) is 27.0. The van der Waals surface area contributed by atoms with E-state index in [2.05, 4.69) is 9.97 Å². The molecule has 2 aromatic rings. The second kappa shape index (κ2) is 7.65. The quantitative estimate of drug-likeness (QED) is 0.549.